The Morgan fingerprint density at radius 1 is 1.25 bits per heavy atom. The molecule has 1 amide bonds. The Bertz CT molecular complexity index is 594. The third kappa shape index (κ3) is 2.66. The molecule has 0 N–H and O–H groups in total. The average Bonchev–Trinajstić information content (AvgIpc) is 3.01. The lowest BCUT2D eigenvalue weighted by molar-refractivity contribution is 0.0579. The molecule has 2 aromatic rings. The van der Waals surface area contributed by atoms with Crippen molar-refractivity contribution in [1.29, 1.82) is 0 Å². The molecule has 0 radical (unpaired) electrons. The predicted molar refractivity (Wildman–Crippen MR) is 80.5 cm³/mol. The maximum atomic E-state index is 12.5. The molecule has 20 heavy (non-hydrogen) atoms. The van der Waals surface area contributed by atoms with Crippen molar-refractivity contribution in [2.45, 2.75) is 25.3 Å². The van der Waals surface area contributed by atoms with Crippen LogP contribution in [0.15, 0.2) is 51.6 Å². The first kappa shape index (κ1) is 13.4. The molecule has 0 aliphatic carbocycles. The first-order valence-corrected chi connectivity index (χ1v) is 7.65. The number of furan rings is 1. The average molecular weight is 334 g/mol. The van der Waals surface area contributed by atoms with Gasteiger partial charge in [-0.15, -0.1) is 0 Å². The van der Waals surface area contributed by atoms with Crippen molar-refractivity contribution >= 4 is 21.8 Å². The van der Waals surface area contributed by atoms with E-state index in [4.69, 9.17) is 4.42 Å². The molecule has 0 bridgehead atoms. The number of halogens is 1. The smallest absolute Gasteiger partial charge is 0.290 e. The lowest BCUT2D eigenvalue weighted by atomic mass is 9.95. The van der Waals surface area contributed by atoms with Gasteiger partial charge < -0.3 is 9.32 Å². The zero-order chi connectivity index (χ0) is 13.9. The molecule has 1 aliphatic rings. The maximum Gasteiger partial charge on any atom is 0.290 e. The van der Waals surface area contributed by atoms with Crippen LogP contribution in [0, 0.1) is 0 Å². The van der Waals surface area contributed by atoms with E-state index in [0.29, 0.717) is 5.76 Å². The minimum Gasteiger partial charge on any atom is -0.459 e. The molecule has 2 heterocycles. The summed E-state index contributed by atoms with van der Waals surface area (Å²) in [6, 6.07) is 11.8. The van der Waals surface area contributed by atoms with Crippen molar-refractivity contribution in [2.75, 3.05) is 6.54 Å². The summed E-state index contributed by atoms with van der Waals surface area (Å²) in [6.07, 6.45) is 4.75. The van der Waals surface area contributed by atoms with Crippen LogP contribution >= 0.6 is 15.9 Å². The quantitative estimate of drug-likeness (QED) is 0.815. The molecule has 104 valence electrons. The summed E-state index contributed by atoms with van der Waals surface area (Å²) in [6.45, 7) is 0.788. The van der Waals surface area contributed by atoms with Crippen LogP contribution in [0.4, 0.5) is 0 Å². The third-order valence-electron chi connectivity index (χ3n) is 3.73. The van der Waals surface area contributed by atoms with Crippen LogP contribution in [0.2, 0.25) is 0 Å². The number of hydrogen-bond donors (Lipinski definition) is 0. The highest BCUT2D eigenvalue weighted by atomic mass is 79.9. The lowest BCUT2D eigenvalue weighted by Gasteiger charge is -2.35. The molecular weight excluding hydrogens is 318 g/mol. The minimum atomic E-state index is -0.0142. The van der Waals surface area contributed by atoms with Gasteiger partial charge in [0.2, 0.25) is 0 Å². The van der Waals surface area contributed by atoms with E-state index in [-0.39, 0.29) is 11.9 Å². The van der Waals surface area contributed by atoms with Crippen molar-refractivity contribution < 1.29 is 9.21 Å². The largest absolute Gasteiger partial charge is 0.459 e. The highest BCUT2D eigenvalue weighted by Crippen LogP contribution is 2.33. The highest BCUT2D eigenvalue weighted by molar-refractivity contribution is 9.10. The summed E-state index contributed by atoms with van der Waals surface area (Å²) in [7, 11) is 0. The molecule has 1 fully saturated rings. The van der Waals surface area contributed by atoms with Gasteiger partial charge in [-0.25, -0.2) is 0 Å². The number of piperidine rings is 1. The zero-order valence-electron chi connectivity index (χ0n) is 11.1. The Morgan fingerprint density at radius 3 is 2.90 bits per heavy atom. The summed E-state index contributed by atoms with van der Waals surface area (Å²) in [5.74, 6) is 0.409. The maximum absolute atomic E-state index is 12.5. The molecule has 3 rings (SSSR count). The van der Waals surface area contributed by atoms with Gasteiger partial charge in [-0.3, -0.25) is 4.79 Å². The van der Waals surface area contributed by atoms with Crippen LogP contribution in [-0.4, -0.2) is 17.4 Å². The molecule has 1 aliphatic heterocycles. The van der Waals surface area contributed by atoms with Gasteiger partial charge in [-0.2, -0.15) is 0 Å². The van der Waals surface area contributed by atoms with Crippen molar-refractivity contribution in [2.24, 2.45) is 0 Å². The number of carbonyl (C=O) groups excluding carboxylic acids is 1. The minimum absolute atomic E-state index is 0.0142. The number of likely N-dealkylation sites (tertiary alicyclic amines) is 1. The van der Waals surface area contributed by atoms with E-state index in [1.54, 1.807) is 18.4 Å². The fourth-order valence-electron chi connectivity index (χ4n) is 2.78. The molecule has 1 unspecified atom stereocenters. The summed E-state index contributed by atoms with van der Waals surface area (Å²) in [5.41, 5.74) is 1.18. The number of amides is 1. The molecule has 1 aromatic carbocycles. The molecule has 1 atom stereocenters. The van der Waals surface area contributed by atoms with Gasteiger partial charge in [0.1, 0.15) is 0 Å². The van der Waals surface area contributed by atoms with Gasteiger partial charge in [0.25, 0.3) is 5.91 Å². The van der Waals surface area contributed by atoms with E-state index in [9.17, 15) is 4.79 Å². The summed E-state index contributed by atoms with van der Waals surface area (Å²) >= 11 is 3.50. The fourth-order valence-corrected chi connectivity index (χ4v) is 3.19. The van der Waals surface area contributed by atoms with E-state index in [0.717, 1.165) is 30.3 Å². The van der Waals surface area contributed by atoms with Gasteiger partial charge in [0, 0.05) is 11.0 Å². The molecule has 4 heteroatoms. The number of hydrogen-bond acceptors (Lipinski definition) is 2. The van der Waals surface area contributed by atoms with Gasteiger partial charge in [0.05, 0.1) is 12.3 Å². The van der Waals surface area contributed by atoms with Gasteiger partial charge in [-0.1, -0.05) is 28.1 Å². The molecule has 1 aromatic heterocycles. The first-order valence-electron chi connectivity index (χ1n) is 6.85. The Hall–Kier alpha value is -1.55. The lowest BCUT2D eigenvalue weighted by Crippen LogP contribution is -2.38. The zero-order valence-corrected chi connectivity index (χ0v) is 12.7. The van der Waals surface area contributed by atoms with Crippen LogP contribution in [-0.2, 0) is 0 Å². The van der Waals surface area contributed by atoms with Gasteiger partial charge in [0.15, 0.2) is 5.76 Å². The Labute approximate surface area is 126 Å². The van der Waals surface area contributed by atoms with Gasteiger partial charge in [-0.05, 0) is 49.1 Å². The number of rotatable bonds is 2. The molecule has 1 saturated heterocycles. The molecule has 3 nitrogen and oxygen atoms in total. The van der Waals surface area contributed by atoms with Crippen LogP contribution in [0.3, 0.4) is 0 Å². The van der Waals surface area contributed by atoms with E-state index >= 15 is 0 Å². The first-order chi connectivity index (χ1) is 9.75. The number of carbonyl (C=O) groups is 1. The number of benzene rings is 1. The fraction of sp³-hybridized carbons (Fsp3) is 0.312. The number of nitrogens with zero attached hydrogens (tertiary/aromatic N) is 1. The Morgan fingerprint density at radius 2 is 2.15 bits per heavy atom. The van der Waals surface area contributed by atoms with Crippen molar-refractivity contribution in [3.05, 3.63) is 58.5 Å². The highest BCUT2D eigenvalue weighted by Gasteiger charge is 2.29. The van der Waals surface area contributed by atoms with Crippen LogP contribution < -0.4 is 0 Å². The molecular formula is C16H16BrNO2. The summed E-state index contributed by atoms with van der Waals surface area (Å²) in [4.78, 5) is 14.5. The van der Waals surface area contributed by atoms with Crippen LogP contribution in [0.5, 0.6) is 0 Å². The normalized spacial score (nSPS) is 19.1. The summed E-state index contributed by atoms with van der Waals surface area (Å²) in [5, 5.41) is 0. The molecule has 0 spiro atoms. The van der Waals surface area contributed by atoms with E-state index in [2.05, 4.69) is 28.1 Å². The SMILES string of the molecule is O=C(c1ccco1)N1CCCCC1c1cccc(Br)c1. The van der Waals surface area contributed by atoms with E-state index < -0.39 is 0 Å². The monoisotopic (exact) mass is 333 g/mol. The van der Waals surface area contributed by atoms with Crippen molar-refractivity contribution in [3.8, 4) is 0 Å². The molecule has 0 saturated carbocycles. The van der Waals surface area contributed by atoms with Crippen LogP contribution in [0.1, 0.15) is 41.4 Å². The second-order valence-corrected chi connectivity index (χ2v) is 5.96. The summed E-state index contributed by atoms with van der Waals surface area (Å²) < 4.78 is 6.30. The van der Waals surface area contributed by atoms with Gasteiger partial charge >= 0.3 is 0 Å². The van der Waals surface area contributed by atoms with Crippen molar-refractivity contribution in [1.82, 2.24) is 4.90 Å². The Kier molecular flexibility index (Phi) is 3.92. The third-order valence-corrected chi connectivity index (χ3v) is 4.22. The van der Waals surface area contributed by atoms with Crippen molar-refractivity contribution in [3.63, 3.8) is 0 Å². The van der Waals surface area contributed by atoms with E-state index in [1.807, 2.05) is 17.0 Å². The topological polar surface area (TPSA) is 33.5 Å². The standard InChI is InChI=1S/C16H16BrNO2/c17-13-6-3-5-12(11-13)14-7-1-2-9-18(14)16(19)15-8-4-10-20-15/h3-6,8,10-11,14H,1-2,7,9H2. The predicted octanol–water partition coefficient (Wildman–Crippen LogP) is 4.41. The second-order valence-electron chi connectivity index (χ2n) is 5.04. The second kappa shape index (κ2) is 5.83. The Balaban J connectivity index is 1.89. The van der Waals surface area contributed by atoms with E-state index in [1.165, 1.54) is 5.56 Å². The van der Waals surface area contributed by atoms with Crippen LogP contribution in [0.25, 0.3) is 0 Å².